The van der Waals surface area contributed by atoms with Crippen LogP contribution in [0.1, 0.15) is 29.1 Å². The SMILES string of the molecule is CCc1sc(=NC(=O)c2cccc(F)c2)n(CC)c1-c1ccc(Cl)cc1. The van der Waals surface area contributed by atoms with E-state index >= 15 is 0 Å². The predicted molar refractivity (Wildman–Crippen MR) is 104 cm³/mol. The number of carbonyl (C=O) groups is 1. The highest BCUT2D eigenvalue weighted by atomic mass is 35.5. The summed E-state index contributed by atoms with van der Waals surface area (Å²) in [6.07, 6.45) is 0.826. The van der Waals surface area contributed by atoms with Crippen LogP contribution < -0.4 is 4.80 Å². The van der Waals surface area contributed by atoms with E-state index in [2.05, 4.69) is 11.9 Å². The van der Waals surface area contributed by atoms with E-state index < -0.39 is 11.7 Å². The van der Waals surface area contributed by atoms with Crippen LogP contribution in [0.2, 0.25) is 5.02 Å². The molecule has 0 aliphatic rings. The Kier molecular flexibility index (Phi) is 5.69. The Labute approximate surface area is 160 Å². The van der Waals surface area contributed by atoms with Gasteiger partial charge in [0.05, 0.1) is 5.69 Å². The molecule has 0 bridgehead atoms. The summed E-state index contributed by atoms with van der Waals surface area (Å²) >= 11 is 7.49. The third kappa shape index (κ3) is 3.79. The van der Waals surface area contributed by atoms with Gasteiger partial charge in [0.25, 0.3) is 5.91 Å². The fourth-order valence-corrected chi connectivity index (χ4v) is 4.05. The number of amides is 1. The van der Waals surface area contributed by atoms with Gasteiger partial charge >= 0.3 is 0 Å². The van der Waals surface area contributed by atoms with E-state index in [-0.39, 0.29) is 5.56 Å². The van der Waals surface area contributed by atoms with Crippen molar-refractivity contribution in [2.75, 3.05) is 0 Å². The Bertz CT molecular complexity index is 1010. The van der Waals surface area contributed by atoms with Crippen LogP contribution in [-0.2, 0) is 13.0 Å². The number of rotatable bonds is 4. The fraction of sp³-hybridized carbons (Fsp3) is 0.200. The maximum atomic E-state index is 13.4. The molecule has 134 valence electrons. The first-order chi connectivity index (χ1) is 12.5. The van der Waals surface area contributed by atoms with E-state index in [0.29, 0.717) is 16.4 Å². The van der Waals surface area contributed by atoms with Gasteiger partial charge in [0.2, 0.25) is 0 Å². The molecule has 0 atom stereocenters. The van der Waals surface area contributed by atoms with Gasteiger partial charge in [-0.1, -0.05) is 36.7 Å². The first-order valence-electron chi connectivity index (χ1n) is 8.36. The van der Waals surface area contributed by atoms with Crippen LogP contribution in [0.4, 0.5) is 4.39 Å². The van der Waals surface area contributed by atoms with E-state index in [1.807, 2.05) is 35.8 Å². The lowest BCUT2D eigenvalue weighted by atomic mass is 10.1. The summed E-state index contributed by atoms with van der Waals surface area (Å²) in [5.74, 6) is -0.894. The summed E-state index contributed by atoms with van der Waals surface area (Å²) in [6.45, 7) is 4.75. The molecular weight excluding hydrogens is 371 g/mol. The van der Waals surface area contributed by atoms with E-state index in [1.165, 1.54) is 29.5 Å². The Hall–Kier alpha value is -2.24. The highest BCUT2D eigenvalue weighted by Crippen LogP contribution is 2.27. The molecule has 1 heterocycles. The maximum Gasteiger partial charge on any atom is 0.279 e. The average Bonchev–Trinajstić information content (AvgIpc) is 2.99. The quantitative estimate of drug-likeness (QED) is 0.594. The van der Waals surface area contributed by atoms with Crippen molar-refractivity contribution in [3.63, 3.8) is 0 Å². The minimum absolute atomic E-state index is 0.243. The van der Waals surface area contributed by atoms with Crippen molar-refractivity contribution in [2.24, 2.45) is 4.99 Å². The van der Waals surface area contributed by atoms with Crippen LogP contribution in [-0.4, -0.2) is 10.5 Å². The molecule has 0 radical (unpaired) electrons. The second kappa shape index (κ2) is 7.98. The highest BCUT2D eigenvalue weighted by molar-refractivity contribution is 7.09. The Morgan fingerprint density at radius 1 is 1.19 bits per heavy atom. The van der Waals surface area contributed by atoms with Crippen molar-refractivity contribution in [2.45, 2.75) is 26.8 Å². The normalized spacial score (nSPS) is 11.8. The van der Waals surface area contributed by atoms with E-state index in [0.717, 1.165) is 22.6 Å². The summed E-state index contributed by atoms with van der Waals surface area (Å²) in [7, 11) is 0. The first-order valence-corrected chi connectivity index (χ1v) is 9.56. The Balaban J connectivity index is 2.13. The maximum absolute atomic E-state index is 13.4. The number of aryl methyl sites for hydroxylation is 1. The molecule has 3 nitrogen and oxygen atoms in total. The molecule has 0 saturated carbocycles. The molecule has 0 saturated heterocycles. The molecule has 0 spiro atoms. The van der Waals surface area contributed by atoms with Crippen molar-refractivity contribution >= 4 is 28.8 Å². The standard InChI is InChI=1S/C20H18ClFN2OS/c1-3-17-18(13-8-10-15(21)11-9-13)24(4-2)20(26-17)23-19(25)14-6-5-7-16(22)12-14/h5-12H,3-4H2,1-2H3. The summed E-state index contributed by atoms with van der Waals surface area (Å²) in [5.41, 5.74) is 2.32. The molecule has 3 aromatic rings. The number of hydrogen-bond acceptors (Lipinski definition) is 2. The largest absolute Gasteiger partial charge is 0.316 e. The third-order valence-electron chi connectivity index (χ3n) is 4.00. The molecule has 0 fully saturated rings. The third-order valence-corrected chi connectivity index (χ3v) is 5.48. The van der Waals surface area contributed by atoms with Gasteiger partial charge in [-0.25, -0.2) is 4.39 Å². The second-order valence-corrected chi connectivity index (χ2v) is 7.19. The second-order valence-electron chi connectivity index (χ2n) is 5.69. The monoisotopic (exact) mass is 388 g/mol. The van der Waals surface area contributed by atoms with Crippen LogP contribution in [0.3, 0.4) is 0 Å². The molecule has 26 heavy (non-hydrogen) atoms. The van der Waals surface area contributed by atoms with Crippen LogP contribution in [0.25, 0.3) is 11.3 Å². The molecule has 2 aromatic carbocycles. The van der Waals surface area contributed by atoms with E-state index in [9.17, 15) is 9.18 Å². The van der Waals surface area contributed by atoms with Crippen molar-refractivity contribution in [3.8, 4) is 11.3 Å². The number of halogens is 2. The molecular formula is C20H18ClFN2OS. The number of hydrogen-bond donors (Lipinski definition) is 0. The zero-order valence-corrected chi connectivity index (χ0v) is 16.1. The summed E-state index contributed by atoms with van der Waals surface area (Å²) in [5, 5.41) is 0.677. The highest BCUT2D eigenvalue weighted by Gasteiger charge is 2.15. The van der Waals surface area contributed by atoms with Gasteiger partial charge in [-0.15, -0.1) is 11.3 Å². The van der Waals surface area contributed by atoms with Crippen LogP contribution in [0.5, 0.6) is 0 Å². The van der Waals surface area contributed by atoms with Gasteiger partial charge in [0.1, 0.15) is 5.82 Å². The molecule has 3 rings (SSSR count). The molecule has 1 aromatic heterocycles. The summed E-state index contributed by atoms with van der Waals surface area (Å²) < 4.78 is 15.4. The van der Waals surface area contributed by atoms with Crippen LogP contribution in [0, 0.1) is 5.82 Å². The minimum atomic E-state index is -0.448. The van der Waals surface area contributed by atoms with Gasteiger partial charge < -0.3 is 4.57 Å². The van der Waals surface area contributed by atoms with Crippen LogP contribution >= 0.6 is 22.9 Å². The Morgan fingerprint density at radius 3 is 2.54 bits per heavy atom. The van der Waals surface area contributed by atoms with Gasteiger partial charge in [-0.05, 0) is 49.2 Å². The summed E-state index contributed by atoms with van der Waals surface area (Å²) in [6, 6.07) is 13.2. The number of thiazole rings is 1. The first kappa shape index (κ1) is 18.5. The van der Waals surface area contributed by atoms with Gasteiger partial charge in [-0.2, -0.15) is 4.99 Å². The van der Waals surface area contributed by atoms with Gasteiger partial charge in [0.15, 0.2) is 4.80 Å². The zero-order chi connectivity index (χ0) is 18.7. The smallest absolute Gasteiger partial charge is 0.279 e. The Morgan fingerprint density at radius 2 is 1.92 bits per heavy atom. The lowest BCUT2D eigenvalue weighted by Gasteiger charge is -2.08. The molecule has 0 N–H and O–H groups in total. The van der Waals surface area contributed by atoms with Crippen molar-refractivity contribution < 1.29 is 9.18 Å². The molecule has 0 aliphatic carbocycles. The molecule has 6 heteroatoms. The van der Waals surface area contributed by atoms with Crippen molar-refractivity contribution in [1.82, 2.24) is 4.57 Å². The average molecular weight is 389 g/mol. The van der Waals surface area contributed by atoms with E-state index in [1.54, 1.807) is 6.07 Å². The van der Waals surface area contributed by atoms with Crippen LogP contribution in [0.15, 0.2) is 53.5 Å². The molecule has 0 aliphatic heterocycles. The fourth-order valence-electron chi connectivity index (χ4n) is 2.77. The van der Waals surface area contributed by atoms with E-state index in [4.69, 9.17) is 11.6 Å². The van der Waals surface area contributed by atoms with Crippen molar-refractivity contribution in [1.29, 1.82) is 0 Å². The number of benzene rings is 2. The van der Waals surface area contributed by atoms with Gasteiger partial charge in [-0.3, -0.25) is 4.79 Å². The lowest BCUT2D eigenvalue weighted by Crippen LogP contribution is -2.17. The minimum Gasteiger partial charge on any atom is -0.316 e. The number of nitrogens with zero attached hydrogens (tertiary/aromatic N) is 2. The molecule has 1 amide bonds. The zero-order valence-electron chi connectivity index (χ0n) is 14.5. The number of aromatic nitrogens is 1. The summed E-state index contributed by atoms with van der Waals surface area (Å²) in [4.78, 5) is 18.5. The van der Waals surface area contributed by atoms with Crippen molar-refractivity contribution in [3.05, 3.63) is 74.6 Å². The number of carbonyl (C=O) groups excluding carboxylic acids is 1. The van der Waals surface area contributed by atoms with Gasteiger partial charge in [0, 0.05) is 22.0 Å². The lowest BCUT2D eigenvalue weighted by molar-refractivity contribution is 0.0997. The molecule has 0 unspecified atom stereocenters. The predicted octanol–water partition coefficient (Wildman–Crippen LogP) is 5.33. The topological polar surface area (TPSA) is 34.4 Å².